The molecule has 2 amide bonds. The van der Waals surface area contributed by atoms with E-state index in [0.29, 0.717) is 11.5 Å². The fourth-order valence-electron chi connectivity index (χ4n) is 9.11. The second kappa shape index (κ2) is 8.84. The fraction of sp³-hybridized carbons (Fsp3) is 0.656. The molecule has 7 nitrogen and oxygen atoms in total. The minimum absolute atomic E-state index is 0.00873. The van der Waals surface area contributed by atoms with Crippen LogP contribution in [-0.4, -0.2) is 42.1 Å². The van der Waals surface area contributed by atoms with Crippen LogP contribution in [0.3, 0.4) is 0 Å². The van der Waals surface area contributed by atoms with Crippen LogP contribution in [0.2, 0.25) is 0 Å². The number of rotatable bonds is 3. The molecule has 7 heteroatoms. The zero-order chi connectivity index (χ0) is 28.6. The van der Waals surface area contributed by atoms with Crippen LogP contribution in [0, 0.1) is 27.6 Å². The largest absolute Gasteiger partial charge is 0.504 e. The Hall–Kier alpha value is -2.83. The number of fused-ring (bicyclic) bond motifs is 7. The van der Waals surface area contributed by atoms with Crippen molar-refractivity contribution in [1.29, 1.82) is 0 Å². The number of hydrogen-bond donors (Lipinski definition) is 3. The van der Waals surface area contributed by atoms with Gasteiger partial charge in [-0.05, 0) is 98.2 Å². The lowest BCUT2D eigenvalue weighted by Gasteiger charge is -2.70. The molecule has 39 heavy (non-hydrogen) atoms. The number of nitrogens with one attached hydrogen (secondary N) is 2. The number of aliphatic hydroxyl groups is 1. The maximum absolute atomic E-state index is 12.7. The van der Waals surface area contributed by atoms with Crippen molar-refractivity contribution >= 4 is 17.8 Å². The molecule has 212 valence electrons. The van der Waals surface area contributed by atoms with Crippen molar-refractivity contribution in [2.45, 2.75) is 92.0 Å². The summed E-state index contributed by atoms with van der Waals surface area (Å²) in [7, 11) is 1.31. The minimum Gasteiger partial charge on any atom is -0.504 e. The predicted octanol–water partition coefficient (Wildman–Crippen LogP) is 5.84. The van der Waals surface area contributed by atoms with Crippen molar-refractivity contribution in [1.82, 2.24) is 10.6 Å². The topological polar surface area (TPSA) is 105 Å². The first-order valence-corrected chi connectivity index (χ1v) is 14.4. The number of carbonyl (C=O) groups is 3. The molecule has 5 rings (SSSR count). The van der Waals surface area contributed by atoms with Gasteiger partial charge in [-0.2, -0.15) is 0 Å². The minimum atomic E-state index is -0.471. The van der Waals surface area contributed by atoms with Gasteiger partial charge in [-0.15, -0.1) is 0 Å². The number of urea groups is 1. The molecule has 6 atom stereocenters. The number of aliphatic hydroxyl groups excluding tert-OH is 1. The lowest BCUT2D eigenvalue weighted by molar-refractivity contribution is -0.152. The van der Waals surface area contributed by atoms with Crippen molar-refractivity contribution in [2.75, 3.05) is 13.7 Å². The first-order chi connectivity index (χ1) is 18.1. The number of esters is 1. The van der Waals surface area contributed by atoms with Crippen molar-refractivity contribution in [3.8, 4) is 0 Å². The number of carbonyl (C=O) groups excluding carboxylic acids is 3. The van der Waals surface area contributed by atoms with Crippen molar-refractivity contribution < 1.29 is 24.2 Å². The summed E-state index contributed by atoms with van der Waals surface area (Å²) in [5.41, 5.74) is 3.60. The molecular formula is C32H44N2O5. The summed E-state index contributed by atoms with van der Waals surface area (Å²) in [5, 5.41) is 16.2. The van der Waals surface area contributed by atoms with E-state index >= 15 is 0 Å². The summed E-state index contributed by atoms with van der Waals surface area (Å²) in [4.78, 5) is 37.0. The van der Waals surface area contributed by atoms with Crippen LogP contribution in [0.1, 0.15) is 86.5 Å². The van der Waals surface area contributed by atoms with Crippen LogP contribution >= 0.6 is 0 Å². The van der Waals surface area contributed by atoms with Gasteiger partial charge in [0.1, 0.15) is 6.54 Å². The Morgan fingerprint density at radius 2 is 1.72 bits per heavy atom. The smallest absolute Gasteiger partial charge is 0.325 e. The lowest BCUT2D eigenvalue weighted by atomic mass is 9.35. The highest BCUT2D eigenvalue weighted by Gasteiger charge is 2.66. The predicted molar refractivity (Wildman–Crippen MR) is 150 cm³/mol. The van der Waals surface area contributed by atoms with E-state index < -0.39 is 5.97 Å². The third-order valence-corrected chi connectivity index (χ3v) is 11.9. The van der Waals surface area contributed by atoms with E-state index in [4.69, 9.17) is 0 Å². The van der Waals surface area contributed by atoms with Gasteiger partial charge < -0.3 is 20.5 Å². The van der Waals surface area contributed by atoms with E-state index in [1.165, 1.54) is 12.7 Å². The first-order valence-electron chi connectivity index (χ1n) is 14.4. The van der Waals surface area contributed by atoms with E-state index in [0.717, 1.165) is 56.1 Å². The quantitative estimate of drug-likeness (QED) is 0.393. The number of methoxy groups -OCH3 is 1. The average molecular weight is 537 g/mol. The Bertz CT molecular complexity index is 1270. The molecule has 0 spiro atoms. The standard InChI is InChI=1S/C32H44N2O5/c1-19-20-8-9-23-30(4,21(20)16-22(35)26(19)37)13-15-32(6)24-17-29(3,34-27(38)33-18-25(36)39-7)12-10-28(24,2)11-14-31(23,32)5/h8-9,16,24,37H,10-15,17-18H2,1-7H3,(H2,33,34,38)/t24-,28-,29-,30+,31-,32+/m1/s1. The summed E-state index contributed by atoms with van der Waals surface area (Å²) in [6, 6.07) is -0.334. The van der Waals surface area contributed by atoms with Gasteiger partial charge in [0, 0.05) is 16.5 Å². The second-order valence-corrected chi connectivity index (χ2v) is 14.0. The first kappa shape index (κ1) is 27.7. The highest BCUT2D eigenvalue weighted by molar-refractivity contribution is 6.06. The molecule has 0 aromatic rings. The molecule has 3 N–H and O–H groups in total. The Balaban J connectivity index is 1.48. The Morgan fingerprint density at radius 3 is 2.41 bits per heavy atom. The summed E-state index contributed by atoms with van der Waals surface area (Å²) in [5.74, 6) is -0.514. The highest BCUT2D eigenvalue weighted by Crippen LogP contribution is 2.75. The zero-order valence-electron chi connectivity index (χ0n) is 24.5. The van der Waals surface area contributed by atoms with Gasteiger partial charge >= 0.3 is 12.0 Å². The number of hydrogen-bond acceptors (Lipinski definition) is 5. The molecule has 0 bridgehead atoms. The molecule has 0 saturated heterocycles. The van der Waals surface area contributed by atoms with Crippen LogP contribution in [0.5, 0.6) is 0 Å². The van der Waals surface area contributed by atoms with Gasteiger partial charge in [0.2, 0.25) is 5.78 Å². The third kappa shape index (κ3) is 3.93. The molecule has 3 saturated carbocycles. The molecule has 0 heterocycles. The second-order valence-electron chi connectivity index (χ2n) is 14.0. The van der Waals surface area contributed by atoms with E-state index in [-0.39, 0.29) is 51.3 Å². The molecule has 0 aromatic heterocycles. The van der Waals surface area contributed by atoms with Gasteiger partial charge in [0.05, 0.1) is 7.11 Å². The van der Waals surface area contributed by atoms with Crippen LogP contribution in [0.4, 0.5) is 4.79 Å². The highest BCUT2D eigenvalue weighted by atomic mass is 16.5. The molecule has 0 radical (unpaired) electrons. The van der Waals surface area contributed by atoms with E-state index in [1.54, 1.807) is 6.08 Å². The maximum Gasteiger partial charge on any atom is 0.325 e. The number of amides is 2. The third-order valence-electron chi connectivity index (χ3n) is 11.9. The van der Waals surface area contributed by atoms with Gasteiger partial charge in [-0.3, -0.25) is 9.59 Å². The fourth-order valence-corrected chi connectivity index (χ4v) is 9.11. The van der Waals surface area contributed by atoms with Gasteiger partial charge in [-0.25, -0.2) is 4.79 Å². The monoisotopic (exact) mass is 536 g/mol. The Kier molecular flexibility index (Phi) is 6.28. The van der Waals surface area contributed by atoms with Crippen LogP contribution in [-0.2, 0) is 14.3 Å². The van der Waals surface area contributed by atoms with Crippen LogP contribution in [0.25, 0.3) is 0 Å². The molecule has 5 aliphatic carbocycles. The molecule has 0 aliphatic heterocycles. The molecule has 0 aromatic carbocycles. The zero-order valence-corrected chi connectivity index (χ0v) is 24.5. The van der Waals surface area contributed by atoms with Gasteiger partial charge in [0.25, 0.3) is 0 Å². The van der Waals surface area contributed by atoms with Crippen molar-refractivity contribution in [3.05, 3.63) is 46.3 Å². The molecule has 0 unspecified atom stereocenters. The molecule has 5 aliphatic rings. The maximum atomic E-state index is 12.7. The van der Waals surface area contributed by atoms with E-state index in [9.17, 15) is 19.5 Å². The lowest BCUT2D eigenvalue weighted by Crippen LogP contribution is -2.64. The summed E-state index contributed by atoms with van der Waals surface area (Å²) in [6.07, 6.45) is 13.1. The Morgan fingerprint density at radius 1 is 1.03 bits per heavy atom. The summed E-state index contributed by atoms with van der Waals surface area (Å²) < 4.78 is 4.66. The van der Waals surface area contributed by atoms with Crippen LogP contribution < -0.4 is 10.6 Å². The number of allylic oxidation sites excluding steroid dienone is 7. The van der Waals surface area contributed by atoms with E-state index in [1.807, 2.05) is 6.92 Å². The summed E-state index contributed by atoms with van der Waals surface area (Å²) in [6.45, 7) is 13.5. The number of ether oxygens (including phenoxy) is 1. The van der Waals surface area contributed by atoms with Crippen molar-refractivity contribution in [2.24, 2.45) is 27.6 Å². The summed E-state index contributed by atoms with van der Waals surface area (Å²) >= 11 is 0. The average Bonchev–Trinajstić information content (AvgIpc) is 2.89. The van der Waals surface area contributed by atoms with Gasteiger partial charge in [-0.1, -0.05) is 45.4 Å². The SMILES string of the molecule is COC(=O)CNC(=O)N[C@]1(C)CC[C@]2(C)CC[C@]3(C)C4=CC=C5C(=CC(=O)C(O)=C5C)[C@]4(C)CC[C@@]3(C)[C@@H]2C1. The van der Waals surface area contributed by atoms with Gasteiger partial charge in [0.15, 0.2) is 5.76 Å². The molecule has 3 fully saturated rings. The van der Waals surface area contributed by atoms with Crippen molar-refractivity contribution in [3.63, 3.8) is 0 Å². The normalized spacial score (nSPS) is 41.1. The van der Waals surface area contributed by atoms with Crippen LogP contribution in [0.15, 0.2) is 46.3 Å². The number of ketones is 1. The Labute approximate surface area is 232 Å². The van der Waals surface area contributed by atoms with E-state index in [2.05, 4.69) is 62.1 Å². The molecular weight excluding hydrogens is 492 g/mol.